The molecule has 0 radical (unpaired) electrons. The summed E-state index contributed by atoms with van der Waals surface area (Å²) < 4.78 is 47.7. The standard InChI is InChI=1S/C23H20F3N3O/c1-14-8-9-16-19(28-14)6-3-7-20(16)29-21(18(10-12-27)23(24,25)26)17-5-2-4-15-11-13-30-22(15)17/h2-9,18,21,29H,10-11,13H2,1H3. The third-order valence-corrected chi connectivity index (χ3v) is 5.40. The van der Waals surface area contributed by atoms with E-state index in [4.69, 9.17) is 10.00 Å². The van der Waals surface area contributed by atoms with Gasteiger partial charge in [-0.25, -0.2) is 0 Å². The molecule has 3 aromatic rings. The van der Waals surface area contributed by atoms with Crippen molar-refractivity contribution in [1.29, 1.82) is 5.26 Å². The first-order valence-corrected chi connectivity index (χ1v) is 9.69. The number of fused-ring (bicyclic) bond motifs is 2. The Morgan fingerprint density at radius 3 is 2.73 bits per heavy atom. The van der Waals surface area contributed by atoms with Crippen LogP contribution in [0.3, 0.4) is 0 Å². The molecule has 0 fully saturated rings. The number of pyridine rings is 1. The molecular weight excluding hydrogens is 391 g/mol. The van der Waals surface area contributed by atoms with Crippen molar-refractivity contribution >= 4 is 16.6 Å². The number of anilines is 1. The summed E-state index contributed by atoms with van der Waals surface area (Å²) >= 11 is 0. The van der Waals surface area contributed by atoms with Gasteiger partial charge >= 0.3 is 6.18 Å². The average molecular weight is 411 g/mol. The van der Waals surface area contributed by atoms with Gasteiger partial charge in [0.2, 0.25) is 0 Å². The number of aromatic nitrogens is 1. The number of rotatable bonds is 5. The third-order valence-electron chi connectivity index (χ3n) is 5.40. The summed E-state index contributed by atoms with van der Waals surface area (Å²) in [6.45, 7) is 2.30. The summed E-state index contributed by atoms with van der Waals surface area (Å²) in [4.78, 5) is 4.46. The van der Waals surface area contributed by atoms with E-state index < -0.39 is 24.6 Å². The highest BCUT2D eigenvalue weighted by Gasteiger charge is 2.46. The van der Waals surface area contributed by atoms with E-state index >= 15 is 0 Å². The molecule has 4 rings (SSSR count). The van der Waals surface area contributed by atoms with Crippen LogP contribution in [0.5, 0.6) is 5.75 Å². The van der Waals surface area contributed by atoms with Crippen molar-refractivity contribution in [3.05, 3.63) is 65.4 Å². The Labute approximate surface area is 172 Å². The number of alkyl halides is 3. The predicted octanol–water partition coefficient (Wildman–Crippen LogP) is 5.72. The van der Waals surface area contributed by atoms with E-state index in [1.807, 2.05) is 31.2 Å². The molecule has 0 saturated heterocycles. The van der Waals surface area contributed by atoms with Gasteiger partial charge in [0.25, 0.3) is 0 Å². The van der Waals surface area contributed by atoms with Crippen LogP contribution in [0, 0.1) is 24.2 Å². The van der Waals surface area contributed by atoms with Crippen LogP contribution in [0.4, 0.5) is 18.9 Å². The molecule has 0 amide bonds. The minimum absolute atomic E-state index is 0.416. The molecule has 0 spiro atoms. The molecule has 1 aliphatic rings. The second-order valence-corrected chi connectivity index (χ2v) is 7.39. The van der Waals surface area contributed by atoms with Crippen LogP contribution in [0.2, 0.25) is 0 Å². The van der Waals surface area contributed by atoms with Crippen LogP contribution in [0.1, 0.15) is 29.3 Å². The third kappa shape index (κ3) is 3.78. The number of aryl methyl sites for hydroxylation is 1. The van der Waals surface area contributed by atoms with Crippen molar-refractivity contribution in [1.82, 2.24) is 4.98 Å². The van der Waals surface area contributed by atoms with E-state index in [0.29, 0.717) is 35.5 Å². The van der Waals surface area contributed by atoms with Crippen molar-refractivity contribution in [2.24, 2.45) is 5.92 Å². The molecule has 4 nitrogen and oxygen atoms in total. The monoisotopic (exact) mass is 411 g/mol. The number of para-hydroxylation sites is 1. The molecule has 2 aromatic carbocycles. The van der Waals surface area contributed by atoms with E-state index in [-0.39, 0.29) is 0 Å². The van der Waals surface area contributed by atoms with Crippen LogP contribution in [0.25, 0.3) is 10.9 Å². The van der Waals surface area contributed by atoms with E-state index in [0.717, 1.165) is 16.6 Å². The molecule has 1 aromatic heterocycles. The summed E-state index contributed by atoms with van der Waals surface area (Å²) in [7, 11) is 0. The number of hydrogen-bond donors (Lipinski definition) is 1. The lowest BCUT2D eigenvalue weighted by Gasteiger charge is -2.31. The molecule has 0 bridgehead atoms. The Kier molecular flexibility index (Phi) is 5.25. The summed E-state index contributed by atoms with van der Waals surface area (Å²) in [5, 5.41) is 12.9. The zero-order valence-corrected chi connectivity index (χ0v) is 16.3. The lowest BCUT2D eigenvalue weighted by Crippen LogP contribution is -2.33. The van der Waals surface area contributed by atoms with Crippen molar-refractivity contribution in [3.8, 4) is 11.8 Å². The molecule has 2 heterocycles. The minimum atomic E-state index is -4.56. The highest BCUT2D eigenvalue weighted by molar-refractivity contribution is 5.91. The van der Waals surface area contributed by atoms with Crippen molar-refractivity contribution in [3.63, 3.8) is 0 Å². The Balaban J connectivity index is 1.85. The van der Waals surface area contributed by atoms with Gasteiger partial charge in [-0.05, 0) is 36.8 Å². The number of hydrogen-bond acceptors (Lipinski definition) is 4. The molecule has 30 heavy (non-hydrogen) atoms. The van der Waals surface area contributed by atoms with Crippen LogP contribution < -0.4 is 10.1 Å². The normalized spacial score (nSPS) is 15.2. The summed E-state index contributed by atoms with van der Waals surface area (Å²) in [5.74, 6) is -1.41. The zero-order chi connectivity index (χ0) is 21.3. The van der Waals surface area contributed by atoms with Gasteiger partial charge < -0.3 is 10.1 Å². The summed E-state index contributed by atoms with van der Waals surface area (Å²) in [6.07, 6.45) is -4.57. The highest BCUT2D eigenvalue weighted by Crippen LogP contribution is 2.45. The molecule has 1 N–H and O–H groups in total. The number of nitriles is 1. The van der Waals surface area contributed by atoms with Gasteiger partial charge in [0.05, 0.1) is 30.2 Å². The van der Waals surface area contributed by atoms with Crippen molar-refractivity contribution in [2.75, 3.05) is 11.9 Å². The van der Waals surface area contributed by atoms with E-state index in [2.05, 4.69) is 10.3 Å². The maximum atomic E-state index is 14.0. The lowest BCUT2D eigenvalue weighted by molar-refractivity contribution is -0.177. The van der Waals surface area contributed by atoms with Gasteiger partial charge in [-0.3, -0.25) is 4.98 Å². The first-order chi connectivity index (χ1) is 14.4. The number of halogens is 3. The molecule has 154 valence electrons. The predicted molar refractivity (Wildman–Crippen MR) is 108 cm³/mol. The summed E-state index contributed by atoms with van der Waals surface area (Å²) in [6, 6.07) is 14.8. The molecule has 0 aliphatic carbocycles. The number of benzene rings is 2. The maximum absolute atomic E-state index is 14.0. The fourth-order valence-electron chi connectivity index (χ4n) is 3.95. The molecule has 2 unspecified atom stereocenters. The Hall–Kier alpha value is -3.27. The molecule has 7 heteroatoms. The van der Waals surface area contributed by atoms with Crippen LogP contribution in [-0.2, 0) is 6.42 Å². The second-order valence-electron chi connectivity index (χ2n) is 7.39. The first kappa shape index (κ1) is 20.0. The van der Waals surface area contributed by atoms with Gasteiger partial charge in [0.15, 0.2) is 0 Å². The largest absolute Gasteiger partial charge is 0.493 e. The Bertz CT molecular complexity index is 1120. The van der Waals surface area contributed by atoms with Crippen LogP contribution in [-0.4, -0.2) is 17.8 Å². The quantitative estimate of drug-likeness (QED) is 0.583. The fourth-order valence-corrected chi connectivity index (χ4v) is 3.95. The van der Waals surface area contributed by atoms with Crippen molar-refractivity contribution in [2.45, 2.75) is 32.0 Å². The van der Waals surface area contributed by atoms with Crippen LogP contribution in [0.15, 0.2) is 48.5 Å². The van der Waals surface area contributed by atoms with Gasteiger partial charge in [-0.2, -0.15) is 18.4 Å². The molecule has 1 aliphatic heterocycles. The molecule has 0 saturated carbocycles. The van der Waals surface area contributed by atoms with E-state index in [1.54, 1.807) is 30.3 Å². The lowest BCUT2D eigenvalue weighted by atomic mass is 9.88. The SMILES string of the molecule is Cc1ccc2c(NC(c3cccc4c3OCC4)C(CC#N)C(F)(F)F)cccc2n1. The topological polar surface area (TPSA) is 57.9 Å². The highest BCUT2D eigenvalue weighted by atomic mass is 19.4. The van der Waals surface area contributed by atoms with E-state index in [9.17, 15) is 13.2 Å². The molecule has 2 atom stereocenters. The Morgan fingerprint density at radius 1 is 1.17 bits per heavy atom. The Morgan fingerprint density at radius 2 is 1.97 bits per heavy atom. The van der Waals surface area contributed by atoms with Crippen molar-refractivity contribution < 1.29 is 17.9 Å². The van der Waals surface area contributed by atoms with Gasteiger partial charge in [-0.1, -0.05) is 24.3 Å². The van der Waals surface area contributed by atoms with Gasteiger partial charge in [0.1, 0.15) is 5.75 Å². The molecular formula is C23H20F3N3O. The minimum Gasteiger partial charge on any atom is -0.493 e. The van der Waals surface area contributed by atoms with Gasteiger partial charge in [0, 0.05) is 35.2 Å². The second kappa shape index (κ2) is 7.86. The number of nitrogens with one attached hydrogen (secondary N) is 1. The average Bonchev–Trinajstić information content (AvgIpc) is 3.18. The number of nitrogens with zero attached hydrogens (tertiary/aromatic N) is 2. The fraction of sp³-hybridized carbons (Fsp3) is 0.304. The smallest absolute Gasteiger partial charge is 0.395 e. The summed E-state index contributed by atoms with van der Waals surface area (Å²) in [5.41, 5.74) is 3.35. The van der Waals surface area contributed by atoms with Gasteiger partial charge in [-0.15, -0.1) is 0 Å². The first-order valence-electron chi connectivity index (χ1n) is 9.69. The maximum Gasteiger partial charge on any atom is 0.395 e. The number of ether oxygens (including phenoxy) is 1. The van der Waals surface area contributed by atoms with E-state index in [1.165, 1.54) is 0 Å². The zero-order valence-electron chi connectivity index (χ0n) is 16.3. The van der Waals surface area contributed by atoms with Crippen LogP contribution >= 0.6 is 0 Å².